The van der Waals surface area contributed by atoms with Crippen molar-refractivity contribution in [2.45, 2.75) is 58.4 Å². The first kappa shape index (κ1) is 15.8. The lowest BCUT2D eigenvalue weighted by Crippen LogP contribution is -2.53. The van der Waals surface area contributed by atoms with Crippen molar-refractivity contribution in [2.75, 3.05) is 6.54 Å². The highest BCUT2D eigenvalue weighted by Gasteiger charge is 2.46. The third-order valence-corrected chi connectivity index (χ3v) is 4.81. The zero-order valence-corrected chi connectivity index (χ0v) is 12.6. The van der Waals surface area contributed by atoms with Gasteiger partial charge in [0, 0.05) is 12.1 Å². The number of nitrogens with two attached hydrogens (primary N) is 1. The topological polar surface area (TPSA) is 55.1 Å². The summed E-state index contributed by atoms with van der Waals surface area (Å²) in [5.74, 6) is 0.856. The van der Waals surface area contributed by atoms with Crippen molar-refractivity contribution in [2.24, 2.45) is 23.0 Å². The molecule has 1 amide bonds. The lowest BCUT2D eigenvalue weighted by atomic mass is 9.74. The van der Waals surface area contributed by atoms with Crippen LogP contribution in [0.5, 0.6) is 0 Å². The molecule has 2 fully saturated rings. The minimum Gasteiger partial charge on any atom is -0.356 e. The first-order chi connectivity index (χ1) is 7.83. The SMILES string of the molecule is CC1(C)CC1CNC(=O)C1CCCCC1(C)N.Cl. The van der Waals surface area contributed by atoms with Crippen LogP contribution in [0.1, 0.15) is 52.9 Å². The molecular weight excluding hydrogens is 248 g/mol. The predicted molar refractivity (Wildman–Crippen MR) is 76.7 cm³/mol. The minimum absolute atomic E-state index is 0. The largest absolute Gasteiger partial charge is 0.356 e. The van der Waals surface area contributed by atoms with Crippen molar-refractivity contribution >= 4 is 18.3 Å². The molecule has 0 aromatic rings. The van der Waals surface area contributed by atoms with E-state index in [1.54, 1.807) is 0 Å². The third kappa shape index (κ3) is 3.39. The Labute approximate surface area is 117 Å². The van der Waals surface area contributed by atoms with Gasteiger partial charge in [-0.15, -0.1) is 12.4 Å². The van der Waals surface area contributed by atoms with Gasteiger partial charge in [0.2, 0.25) is 5.91 Å². The summed E-state index contributed by atoms with van der Waals surface area (Å²) in [6, 6.07) is 0. The lowest BCUT2D eigenvalue weighted by molar-refractivity contribution is -0.128. The molecule has 0 saturated heterocycles. The molecule has 2 aliphatic rings. The summed E-state index contributed by atoms with van der Waals surface area (Å²) in [5.41, 5.74) is 6.37. The number of halogens is 1. The maximum Gasteiger partial charge on any atom is 0.224 e. The van der Waals surface area contributed by atoms with Crippen molar-refractivity contribution in [1.82, 2.24) is 5.32 Å². The van der Waals surface area contributed by atoms with Crippen molar-refractivity contribution in [3.63, 3.8) is 0 Å². The van der Waals surface area contributed by atoms with E-state index in [1.165, 1.54) is 6.42 Å². The lowest BCUT2D eigenvalue weighted by Gasteiger charge is -2.37. The van der Waals surface area contributed by atoms with E-state index in [1.807, 2.05) is 6.92 Å². The van der Waals surface area contributed by atoms with E-state index >= 15 is 0 Å². The number of hydrogen-bond acceptors (Lipinski definition) is 2. The quantitative estimate of drug-likeness (QED) is 0.831. The summed E-state index contributed by atoms with van der Waals surface area (Å²) in [7, 11) is 0. The van der Waals surface area contributed by atoms with Gasteiger partial charge < -0.3 is 11.1 Å². The molecular formula is C14H27ClN2O. The van der Waals surface area contributed by atoms with Gasteiger partial charge in [-0.1, -0.05) is 26.7 Å². The molecule has 0 spiro atoms. The molecule has 2 saturated carbocycles. The van der Waals surface area contributed by atoms with Crippen LogP contribution >= 0.6 is 12.4 Å². The van der Waals surface area contributed by atoms with E-state index in [2.05, 4.69) is 19.2 Å². The Hall–Kier alpha value is -0.280. The van der Waals surface area contributed by atoms with E-state index in [-0.39, 0.29) is 29.8 Å². The second-order valence-corrected chi connectivity index (χ2v) is 6.94. The maximum atomic E-state index is 12.2. The summed E-state index contributed by atoms with van der Waals surface area (Å²) in [6.07, 6.45) is 5.46. The van der Waals surface area contributed by atoms with Gasteiger partial charge in [-0.2, -0.15) is 0 Å². The van der Waals surface area contributed by atoms with Gasteiger partial charge in [-0.3, -0.25) is 4.79 Å². The zero-order chi connectivity index (χ0) is 12.7. The average Bonchev–Trinajstić information content (AvgIpc) is 2.82. The highest BCUT2D eigenvalue weighted by Crippen LogP contribution is 2.51. The van der Waals surface area contributed by atoms with Gasteiger partial charge in [-0.05, 0) is 37.5 Å². The Morgan fingerprint density at radius 3 is 2.44 bits per heavy atom. The van der Waals surface area contributed by atoms with E-state index in [0.29, 0.717) is 11.3 Å². The van der Waals surface area contributed by atoms with Crippen molar-refractivity contribution in [1.29, 1.82) is 0 Å². The second kappa shape index (κ2) is 5.38. The fourth-order valence-electron chi connectivity index (χ4n) is 3.06. The molecule has 2 rings (SSSR count). The van der Waals surface area contributed by atoms with Crippen LogP contribution in [0.25, 0.3) is 0 Å². The smallest absolute Gasteiger partial charge is 0.224 e. The summed E-state index contributed by atoms with van der Waals surface area (Å²) in [6.45, 7) is 7.38. The van der Waals surface area contributed by atoms with E-state index in [4.69, 9.17) is 5.73 Å². The molecule has 3 atom stereocenters. The average molecular weight is 275 g/mol. The molecule has 4 heteroatoms. The molecule has 3 N–H and O–H groups in total. The molecule has 0 aliphatic heterocycles. The van der Waals surface area contributed by atoms with Gasteiger partial charge in [0.25, 0.3) is 0 Å². The van der Waals surface area contributed by atoms with Crippen LogP contribution in [-0.2, 0) is 4.79 Å². The first-order valence-electron chi connectivity index (χ1n) is 6.89. The molecule has 3 nitrogen and oxygen atoms in total. The molecule has 18 heavy (non-hydrogen) atoms. The molecule has 0 heterocycles. The molecule has 0 radical (unpaired) electrons. The van der Waals surface area contributed by atoms with Crippen LogP contribution in [0.3, 0.4) is 0 Å². The molecule has 2 aliphatic carbocycles. The van der Waals surface area contributed by atoms with Gasteiger partial charge in [0.15, 0.2) is 0 Å². The number of carbonyl (C=O) groups is 1. The predicted octanol–water partition coefficient (Wildman–Crippen LogP) is 2.48. The van der Waals surface area contributed by atoms with Crippen LogP contribution in [0.15, 0.2) is 0 Å². The number of hydrogen-bond donors (Lipinski definition) is 2. The Morgan fingerprint density at radius 2 is 1.94 bits per heavy atom. The van der Waals surface area contributed by atoms with Gasteiger partial charge in [0.05, 0.1) is 5.92 Å². The van der Waals surface area contributed by atoms with Gasteiger partial charge >= 0.3 is 0 Å². The third-order valence-electron chi connectivity index (χ3n) is 4.81. The van der Waals surface area contributed by atoms with Gasteiger partial charge in [-0.25, -0.2) is 0 Å². The summed E-state index contributed by atoms with van der Waals surface area (Å²) >= 11 is 0. The number of nitrogens with one attached hydrogen (secondary N) is 1. The standard InChI is InChI=1S/C14H26N2O.ClH/c1-13(2)8-10(13)9-16-12(17)11-6-4-5-7-14(11,3)15;/h10-11H,4-9,15H2,1-3H3,(H,16,17);1H. The highest BCUT2D eigenvalue weighted by molar-refractivity contribution is 5.85. The number of amides is 1. The summed E-state index contributed by atoms with van der Waals surface area (Å²) in [5, 5.41) is 3.11. The Bertz CT molecular complexity index is 315. The highest BCUT2D eigenvalue weighted by atomic mass is 35.5. The fraction of sp³-hybridized carbons (Fsp3) is 0.929. The molecule has 106 valence electrons. The molecule has 0 aromatic carbocycles. The number of rotatable bonds is 3. The zero-order valence-electron chi connectivity index (χ0n) is 11.8. The fourth-order valence-corrected chi connectivity index (χ4v) is 3.06. The normalized spacial score (nSPS) is 37.6. The van der Waals surface area contributed by atoms with Gasteiger partial charge in [0.1, 0.15) is 0 Å². The molecule has 0 bridgehead atoms. The van der Waals surface area contributed by atoms with E-state index < -0.39 is 0 Å². The summed E-state index contributed by atoms with van der Waals surface area (Å²) in [4.78, 5) is 12.2. The molecule has 3 unspecified atom stereocenters. The van der Waals surface area contributed by atoms with Crippen LogP contribution in [0.4, 0.5) is 0 Å². The monoisotopic (exact) mass is 274 g/mol. The minimum atomic E-state index is -0.304. The van der Waals surface area contributed by atoms with Crippen LogP contribution in [0.2, 0.25) is 0 Å². The van der Waals surface area contributed by atoms with E-state index in [9.17, 15) is 4.79 Å². The van der Waals surface area contributed by atoms with Crippen molar-refractivity contribution < 1.29 is 4.79 Å². The Balaban J connectivity index is 0.00000162. The Kier molecular flexibility index (Phi) is 4.71. The summed E-state index contributed by atoms with van der Waals surface area (Å²) < 4.78 is 0. The number of carbonyl (C=O) groups excluding carboxylic acids is 1. The van der Waals surface area contributed by atoms with Crippen LogP contribution in [0, 0.1) is 17.3 Å². The molecule has 0 aromatic heterocycles. The van der Waals surface area contributed by atoms with E-state index in [0.717, 1.165) is 32.2 Å². The van der Waals surface area contributed by atoms with Crippen molar-refractivity contribution in [3.8, 4) is 0 Å². The first-order valence-corrected chi connectivity index (χ1v) is 6.89. The second-order valence-electron chi connectivity index (χ2n) is 6.94. The van der Waals surface area contributed by atoms with Crippen molar-refractivity contribution in [3.05, 3.63) is 0 Å². The maximum absolute atomic E-state index is 12.2. The Morgan fingerprint density at radius 1 is 1.33 bits per heavy atom. The van der Waals surface area contributed by atoms with Crippen LogP contribution < -0.4 is 11.1 Å². The van der Waals surface area contributed by atoms with Crippen LogP contribution in [-0.4, -0.2) is 18.0 Å².